The number of ketones is 1. The molecular weight excluding hydrogens is 583 g/mol. The lowest BCUT2D eigenvalue weighted by molar-refractivity contribution is -0.138. The highest BCUT2D eigenvalue weighted by atomic mass is 19.2. The van der Waals surface area contributed by atoms with Crippen LogP contribution in [-0.4, -0.2) is 67.1 Å². The zero-order chi connectivity index (χ0) is 32.4. The van der Waals surface area contributed by atoms with E-state index in [1.165, 1.54) is 37.2 Å². The summed E-state index contributed by atoms with van der Waals surface area (Å²) in [6.45, 7) is 2.22. The Balaban J connectivity index is 2.22. The molecule has 0 aliphatic carbocycles. The second-order valence-corrected chi connectivity index (χ2v) is 10.0. The molecule has 43 heavy (non-hydrogen) atoms. The molecule has 0 aliphatic rings. The van der Waals surface area contributed by atoms with Crippen molar-refractivity contribution in [3.8, 4) is 5.75 Å². The first kappa shape index (κ1) is 34.6. The number of hydrogen-bond acceptors (Lipinski definition) is 6. The average molecular weight is 615 g/mol. The van der Waals surface area contributed by atoms with E-state index in [1.807, 2.05) is 0 Å². The predicted molar refractivity (Wildman–Crippen MR) is 143 cm³/mol. The number of halogens is 5. The van der Waals surface area contributed by atoms with Crippen molar-refractivity contribution in [1.82, 2.24) is 15.5 Å². The van der Waals surface area contributed by atoms with E-state index in [1.54, 1.807) is 13.8 Å². The number of nitrogens with one attached hydrogen (secondary N) is 3. The topological polar surface area (TPSA) is 134 Å². The standard InChI is InChI=1S/C28H31F5N4O6/c1-14(2)11-20(36-28(42)27(41)34-18-8-6-5-7-15(18)29)26(40)35-19(9-10-22(39)37(3)4)21(38)13-43-25-23(32)16(30)12-17(31)24(25)33/h5-8,12,14,19-20H,9-11,13H2,1-4H3,(H,34,41)(H,35,40)(H,36,42)/t19-,20-/m0/s1. The second-order valence-electron chi connectivity index (χ2n) is 10.0. The Labute approximate surface area is 243 Å². The van der Waals surface area contributed by atoms with Crippen molar-refractivity contribution in [2.45, 2.75) is 45.2 Å². The highest BCUT2D eigenvalue weighted by molar-refractivity contribution is 6.40. The van der Waals surface area contributed by atoms with Gasteiger partial charge in [0.1, 0.15) is 18.5 Å². The van der Waals surface area contributed by atoms with E-state index in [4.69, 9.17) is 4.74 Å². The van der Waals surface area contributed by atoms with E-state index in [0.29, 0.717) is 0 Å². The number of Topliss-reactive ketones (excluding diaryl/α,β-unsaturated/α-hetero) is 1. The molecule has 0 radical (unpaired) electrons. The number of carbonyl (C=O) groups excluding carboxylic acids is 5. The first-order valence-electron chi connectivity index (χ1n) is 13.0. The lowest BCUT2D eigenvalue weighted by Crippen LogP contribution is -2.54. The van der Waals surface area contributed by atoms with Gasteiger partial charge in [-0.3, -0.25) is 24.0 Å². The SMILES string of the molecule is CC(C)C[C@H](NC(=O)C(=O)Nc1ccccc1F)C(=O)N[C@@H](CCC(=O)N(C)C)C(=O)COc1c(F)c(F)cc(F)c1F. The summed E-state index contributed by atoms with van der Waals surface area (Å²) in [4.78, 5) is 64.4. The number of para-hydroxylation sites is 1. The molecule has 0 aliphatic heterocycles. The number of amides is 4. The molecule has 0 spiro atoms. The Bertz CT molecular complexity index is 1350. The molecule has 10 nitrogen and oxygen atoms in total. The molecule has 0 saturated carbocycles. The van der Waals surface area contributed by atoms with E-state index < -0.39 is 82.9 Å². The summed E-state index contributed by atoms with van der Waals surface area (Å²) in [6, 6.07) is 2.08. The fourth-order valence-electron chi connectivity index (χ4n) is 3.67. The summed E-state index contributed by atoms with van der Waals surface area (Å²) in [7, 11) is 2.87. The van der Waals surface area contributed by atoms with E-state index in [2.05, 4.69) is 16.0 Å². The number of hydrogen-bond donors (Lipinski definition) is 3. The maximum atomic E-state index is 14.0. The van der Waals surface area contributed by atoms with Gasteiger partial charge in [0.05, 0.1) is 11.7 Å². The zero-order valence-corrected chi connectivity index (χ0v) is 23.7. The first-order chi connectivity index (χ1) is 20.1. The highest BCUT2D eigenvalue weighted by Crippen LogP contribution is 2.26. The van der Waals surface area contributed by atoms with Crippen molar-refractivity contribution >= 4 is 35.1 Å². The van der Waals surface area contributed by atoms with Gasteiger partial charge in [-0.05, 0) is 30.9 Å². The van der Waals surface area contributed by atoms with Gasteiger partial charge in [0.25, 0.3) is 0 Å². The van der Waals surface area contributed by atoms with Gasteiger partial charge in [-0.1, -0.05) is 26.0 Å². The van der Waals surface area contributed by atoms with Crippen LogP contribution in [0.5, 0.6) is 5.75 Å². The average Bonchev–Trinajstić information content (AvgIpc) is 2.94. The van der Waals surface area contributed by atoms with Crippen LogP contribution >= 0.6 is 0 Å². The lowest BCUT2D eigenvalue weighted by Gasteiger charge is -2.24. The van der Waals surface area contributed by atoms with Crippen LogP contribution in [0.3, 0.4) is 0 Å². The summed E-state index contributed by atoms with van der Waals surface area (Å²) in [5.74, 6) is -14.9. The number of anilines is 1. The van der Waals surface area contributed by atoms with Crippen LogP contribution in [0.15, 0.2) is 30.3 Å². The Morgan fingerprint density at radius 3 is 2.00 bits per heavy atom. The van der Waals surface area contributed by atoms with Gasteiger partial charge in [-0.15, -0.1) is 0 Å². The van der Waals surface area contributed by atoms with Crippen molar-refractivity contribution in [2.24, 2.45) is 5.92 Å². The van der Waals surface area contributed by atoms with E-state index in [-0.39, 0.29) is 36.9 Å². The van der Waals surface area contributed by atoms with Gasteiger partial charge in [0.15, 0.2) is 23.2 Å². The van der Waals surface area contributed by atoms with Crippen LogP contribution in [0.2, 0.25) is 0 Å². The minimum Gasteiger partial charge on any atom is -0.479 e. The molecule has 234 valence electrons. The Hall–Kier alpha value is -4.56. The third kappa shape index (κ3) is 10.0. The number of rotatable bonds is 13. The highest BCUT2D eigenvalue weighted by Gasteiger charge is 2.30. The summed E-state index contributed by atoms with van der Waals surface area (Å²) in [5, 5.41) is 6.62. The molecule has 3 N–H and O–H groups in total. The number of nitrogens with zero attached hydrogens (tertiary/aromatic N) is 1. The molecule has 15 heteroatoms. The normalized spacial score (nSPS) is 12.2. The van der Waals surface area contributed by atoms with Crippen LogP contribution in [0.25, 0.3) is 0 Å². The molecular formula is C28H31F5N4O6. The van der Waals surface area contributed by atoms with Crippen molar-refractivity contribution in [3.63, 3.8) is 0 Å². The van der Waals surface area contributed by atoms with Crippen molar-refractivity contribution in [1.29, 1.82) is 0 Å². The summed E-state index contributed by atoms with van der Waals surface area (Å²) < 4.78 is 73.6. The Morgan fingerprint density at radius 1 is 0.837 bits per heavy atom. The van der Waals surface area contributed by atoms with Gasteiger partial charge in [0.2, 0.25) is 23.4 Å². The van der Waals surface area contributed by atoms with Crippen LogP contribution in [-0.2, 0) is 24.0 Å². The summed E-state index contributed by atoms with van der Waals surface area (Å²) in [5.41, 5.74) is -0.283. The smallest absolute Gasteiger partial charge is 0.313 e. The largest absolute Gasteiger partial charge is 0.479 e. The zero-order valence-electron chi connectivity index (χ0n) is 23.7. The maximum Gasteiger partial charge on any atom is 0.313 e. The summed E-state index contributed by atoms with van der Waals surface area (Å²) >= 11 is 0. The minimum absolute atomic E-state index is 0.0302. The minimum atomic E-state index is -1.89. The molecule has 0 saturated heterocycles. The molecule has 4 amide bonds. The molecule has 2 aromatic rings. The monoisotopic (exact) mass is 614 g/mol. The number of carbonyl (C=O) groups is 5. The third-order valence-electron chi connectivity index (χ3n) is 5.94. The third-order valence-corrected chi connectivity index (χ3v) is 5.94. The molecule has 0 unspecified atom stereocenters. The first-order valence-corrected chi connectivity index (χ1v) is 13.0. The molecule has 0 aromatic heterocycles. The van der Waals surface area contributed by atoms with Crippen LogP contribution in [0.1, 0.15) is 33.1 Å². The molecule has 2 rings (SSSR count). The van der Waals surface area contributed by atoms with Crippen LogP contribution < -0.4 is 20.7 Å². The van der Waals surface area contributed by atoms with Crippen LogP contribution in [0, 0.1) is 35.0 Å². The van der Waals surface area contributed by atoms with Crippen LogP contribution in [0.4, 0.5) is 27.6 Å². The van der Waals surface area contributed by atoms with Crippen molar-refractivity contribution in [3.05, 3.63) is 59.4 Å². The molecule has 0 bridgehead atoms. The Morgan fingerprint density at radius 2 is 1.44 bits per heavy atom. The molecule has 2 atom stereocenters. The van der Waals surface area contributed by atoms with Gasteiger partial charge in [0, 0.05) is 26.6 Å². The predicted octanol–water partition coefficient (Wildman–Crippen LogP) is 2.85. The summed E-state index contributed by atoms with van der Waals surface area (Å²) in [6.07, 6.45) is -0.644. The maximum absolute atomic E-state index is 14.0. The van der Waals surface area contributed by atoms with Crippen molar-refractivity contribution in [2.75, 3.05) is 26.0 Å². The number of benzene rings is 2. The molecule has 0 heterocycles. The van der Waals surface area contributed by atoms with Gasteiger partial charge >= 0.3 is 11.8 Å². The molecule has 0 fully saturated rings. The van der Waals surface area contributed by atoms with Gasteiger partial charge in [-0.2, -0.15) is 8.78 Å². The quantitative estimate of drug-likeness (QED) is 0.181. The van der Waals surface area contributed by atoms with Crippen molar-refractivity contribution < 1.29 is 50.7 Å². The van der Waals surface area contributed by atoms with Gasteiger partial charge < -0.3 is 25.6 Å². The van der Waals surface area contributed by atoms with Gasteiger partial charge in [-0.25, -0.2) is 13.2 Å². The van der Waals surface area contributed by atoms with E-state index in [0.717, 1.165) is 6.07 Å². The second kappa shape index (κ2) is 15.6. The fraction of sp³-hybridized carbons (Fsp3) is 0.393. The van der Waals surface area contributed by atoms with E-state index >= 15 is 0 Å². The van der Waals surface area contributed by atoms with E-state index in [9.17, 15) is 45.9 Å². The Kier molecular flexibility index (Phi) is 12.6. The number of ether oxygens (including phenoxy) is 1. The molecule has 2 aromatic carbocycles. The lowest BCUT2D eigenvalue weighted by atomic mass is 10.0. The fourth-order valence-corrected chi connectivity index (χ4v) is 3.67.